The van der Waals surface area contributed by atoms with Crippen molar-refractivity contribution in [2.75, 3.05) is 27.4 Å². The highest BCUT2D eigenvalue weighted by Gasteiger charge is 2.38. The molecule has 0 bridgehead atoms. The summed E-state index contributed by atoms with van der Waals surface area (Å²) in [5, 5.41) is 3.34. The lowest BCUT2D eigenvalue weighted by molar-refractivity contribution is -0.129. The van der Waals surface area contributed by atoms with Crippen molar-refractivity contribution in [2.45, 2.75) is 50.7 Å². The van der Waals surface area contributed by atoms with E-state index in [2.05, 4.69) is 19.2 Å². The standard InChI is InChI=1S/C12H25NO2/c1-11(2,13-3)9-12(10-14-4)7-5-6-8-15-12/h13H,5-10H2,1-4H3. The lowest BCUT2D eigenvalue weighted by Crippen LogP contribution is -2.50. The molecule has 1 fully saturated rings. The molecule has 1 atom stereocenters. The zero-order valence-electron chi connectivity index (χ0n) is 10.6. The Morgan fingerprint density at radius 2 is 2.13 bits per heavy atom. The van der Waals surface area contributed by atoms with E-state index in [-0.39, 0.29) is 11.1 Å². The van der Waals surface area contributed by atoms with Crippen LogP contribution >= 0.6 is 0 Å². The molecule has 0 amide bonds. The SMILES string of the molecule is CNC(C)(C)CC1(COC)CCCCO1. The Kier molecular flexibility index (Phi) is 4.56. The average Bonchev–Trinajstić information content (AvgIpc) is 2.18. The third kappa shape index (κ3) is 3.74. The van der Waals surface area contributed by atoms with E-state index in [1.54, 1.807) is 7.11 Å². The predicted molar refractivity (Wildman–Crippen MR) is 62.2 cm³/mol. The summed E-state index contributed by atoms with van der Waals surface area (Å²) in [6.07, 6.45) is 4.56. The molecule has 0 aromatic carbocycles. The van der Waals surface area contributed by atoms with Gasteiger partial charge in [-0.25, -0.2) is 0 Å². The van der Waals surface area contributed by atoms with Crippen LogP contribution in [-0.4, -0.2) is 38.5 Å². The monoisotopic (exact) mass is 215 g/mol. The van der Waals surface area contributed by atoms with E-state index in [4.69, 9.17) is 9.47 Å². The highest BCUT2D eigenvalue weighted by atomic mass is 16.5. The summed E-state index contributed by atoms with van der Waals surface area (Å²) >= 11 is 0. The third-order valence-corrected chi connectivity index (χ3v) is 3.28. The van der Waals surface area contributed by atoms with Crippen molar-refractivity contribution < 1.29 is 9.47 Å². The van der Waals surface area contributed by atoms with Gasteiger partial charge in [-0.3, -0.25) is 0 Å². The predicted octanol–water partition coefficient (Wildman–Crippen LogP) is 1.96. The van der Waals surface area contributed by atoms with Crippen molar-refractivity contribution in [1.29, 1.82) is 0 Å². The number of ether oxygens (including phenoxy) is 2. The largest absolute Gasteiger partial charge is 0.382 e. The second-order valence-electron chi connectivity index (χ2n) is 5.23. The lowest BCUT2D eigenvalue weighted by atomic mass is 9.82. The second kappa shape index (κ2) is 5.28. The minimum Gasteiger partial charge on any atom is -0.382 e. The van der Waals surface area contributed by atoms with Gasteiger partial charge >= 0.3 is 0 Å². The molecule has 0 aliphatic carbocycles. The normalized spacial score (nSPS) is 28.0. The zero-order valence-corrected chi connectivity index (χ0v) is 10.6. The molecule has 1 heterocycles. The first-order valence-electron chi connectivity index (χ1n) is 5.85. The van der Waals surface area contributed by atoms with E-state index in [0.29, 0.717) is 6.61 Å². The van der Waals surface area contributed by atoms with Crippen molar-refractivity contribution in [3.8, 4) is 0 Å². The molecule has 0 aromatic rings. The van der Waals surface area contributed by atoms with Crippen molar-refractivity contribution in [2.24, 2.45) is 0 Å². The van der Waals surface area contributed by atoms with Crippen LogP contribution in [0.25, 0.3) is 0 Å². The quantitative estimate of drug-likeness (QED) is 0.760. The van der Waals surface area contributed by atoms with Crippen molar-refractivity contribution >= 4 is 0 Å². The lowest BCUT2D eigenvalue weighted by Gasteiger charge is -2.42. The average molecular weight is 215 g/mol. The fraction of sp³-hybridized carbons (Fsp3) is 1.00. The molecular formula is C12H25NO2. The van der Waals surface area contributed by atoms with Crippen molar-refractivity contribution in [1.82, 2.24) is 5.32 Å². The summed E-state index contributed by atoms with van der Waals surface area (Å²) in [6.45, 7) is 6.01. The third-order valence-electron chi connectivity index (χ3n) is 3.28. The Bertz CT molecular complexity index is 181. The Labute approximate surface area is 93.5 Å². The van der Waals surface area contributed by atoms with Gasteiger partial charge in [0.15, 0.2) is 0 Å². The van der Waals surface area contributed by atoms with Crippen LogP contribution in [0.2, 0.25) is 0 Å². The van der Waals surface area contributed by atoms with Crippen LogP contribution in [0.5, 0.6) is 0 Å². The number of nitrogens with one attached hydrogen (secondary N) is 1. The molecule has 0 aromatic heterocycles. The van der Waals surface area contributed by atoms with Crippen LogP contribution in [0.15, 0.2) is 0 Å². The number of methoxy groups -OCH3 is 1. The maximum atomic E-state index is 5.98. The summed E-state index contributed by atoms with van der Waals surface area (Å²) < 4.78 is 11.3. The molecule has 1 aliphatic rings. The Hall–Kier alpha value is -0.120. The van der Waals surface area contributed by atoms with Gasteiger partial charge in [-0.1, -0.05) is 0 Å². The zero-order chi connectivity index (χ0) is 11.4. The summed E-state index contributed by atoms with van der Waals surface area (Å²) in [5.41, 5.74) is 0.0371. The van der Waals surface area contributed by atoms with Gasteiger partial charge in [-0.05, 0) is 46.6 Å². The molecule has 3 heteroatoms. The molecule has 1 rings (SSSR count). The maximum Gasteiger partial charge on any atom is 0.0932 e. The van der Waals surface area contributed by atoms with Gasteiger partial charge in [0.2, 0.25) is 0 Å². The summed E-state index contributed by atoms with van der Waals surface area (Å²) in [7, 11) is 3.76. The van der Waals surface area contributed by atoms with Crippen LogP contribution in [-0.2, 0) is 9.47 Å². The number of hydrogen-bond donors (Lipinski definition) is 1. The topological polar surface area (TPSA) is 30.5 Å². The first-order valence-corrected chi connectivity index (χ1v) is 5.85. The Balaban J connectivity index is 2.63. The van der Waals surface area contributed by atoms with Gasteiger partial charge in [-0.15, -0.1) is 0 Å². The van der Waals surface area contributed by atoms with E-state index in [1.165, 1.54) is 12.8 Å². The van der Waals surface area contributed by atoms with E-state index in [0.717, 1.165) is 19.4 Å². The van der Waals surface area contributed by atoms with Gasteiger partial charge in [0.1, 0.15) is 0 Å². The molecule has 1 aliphatic heterocycles. The van der Waals surface area contributed by atoms with E-state index in [9.17, 15) is 0 Å². The minimum atomic E-state index is -0.0699. The van der Waals surface area contributed by atoms with E-state index < -0.39 is 0 Å². The van der Waals surface area contributed by atoms with Gasteiger partial charge in [0, 0.05) is 19.3 Å². The van der Waals surface area contributed by atoms with Crippen LogP contribution < -0.4 is 5.32 Å². The molecule has 90 valence electrons. The molecule has 0 radical (unpaired) electrons. The summed E-state index contributed by atoms with van der Waals surface area (Å²) in [5.74, 6) is 0. The molecule has 3 nitrogen and oxygen atoms in total. The summed E-state index contributed by atoms with van der Waals surface area (Å²) in [6, 6.07) is 0. The fourth-order valence-electron chi connectivity index (χ4n) is 2.37. The number of hydrogen-bond acceptors (Lipinski definition) is 3. The van der Waals surface area contributed by atoms with E-state index >= 15 is 0 Å². The molecule has 1 N–H and O–H groups in total. The van der Waals surface area contributed by atoms with Gasteiger partial charge in [-0.2, -0.15) is 0 Å². The molecule has 1 saturated heterocycles. The maximum absolute atomic E-state index is 5.98. The molecule has 1 unspecified atom stereocenters. The van der Waals surface area contributed by atoms with Crippen LogP contribution in [0.3, 0.4) is 0 Å². The van der Waals surface area contributed by atoms with E-state index in [1.807, 2.05) is 7.05 Å². The molecule has 0 spiro atoms. The van der Waals surface area contributed by atoms with Gasteiger partial charge in [0.25, 0.3) is 0 Å². The first kappa shape index (κ1) is 12.9. The molecular weight excluding hydrogens is 190 g/mol. The molecule has 0 saturated carbocycles. The van der Waals surface area contributed by atoms with Gasteiger partial charge < -0.3 is 14.8 Å². The highest BCUT2D eigenvalue weighted by Crippen LogP contribution is 2.32. The Morgan fingerprint density at radius 3 is 2.60 bits per heavy atom. The van der Waals surface area contributed by atoms with Gasteiger partial charge in [0.05, 0.1) is 12.2 Å². The smallest absolute Gasteiger partial charge is 0.0932 e. The van der Waals surface area contributed by atoms with Crippen LogP contribution in [0.4, 0.5) is 0 Å². The van der Waals surface area contributed by atoms with Crippen LogP contribution in [0.1, 0.15) is 39.5 Å². The number of rotatable bonds is 5. The highest BCUT2D eigenvalue weighted by molar-refractivity contribution is 4.92. The molecule has 15 heavy (non-hydrogen) atoms. The fourth-order valence-corrected chi connectivity index (χ4v) is 2.37. The Morgan fingerprint density at radius 1 is 1.40 bits per heavy atom. The second-order valence-corrected chi connectivity index (χ2v) is 5.23. The van der Waals surface area contributed by atoms with Crippen LogP contribution in [0, 0.1) is 0 Å². The van der Waals surface area contributed by atoms with Crippen molar-refractivity contribution in [3.63, 3.8) is 0 Å². The minimum absolute atomic E-state index is 0.0699. The first-order chi connectivity index (χ1) is 7.04. The summed E-state index contributed by atoms with van der Waals surface area (Å²) in [4.78, 5) is 0. The van der Waals surface area contributed by atoms with Crippen molar-refractivity contribution in [3.05, 3.63) is 0 Å².